The van der Waals surface area contributed by atoms with Gasteiger partial charge in [0.25, 0.3) is 0 Å². The van der Waals surface area contributed by atoms with E-state index in [1.165, 1.54) is 5.69 Å². The molecule has 0 aliphatic carbocycles. The first-order valence-electron chi connectivity index (χ1n) is 8.56. The molecular formula is C18H30N4O2. The van der Waals surface area contributed by atoms with Crippen LogP contribution >= 0.6 is 0 Å². The van der Waals surface area contributed by atoms with Crippen molar-refractivity contribution in [3.05, 3.63) is 24.3 Å². The number of nitrogens with one attached hydrogen (secondary N) is 1. The smallest absolute Gasteiger partial charge is 0.237 e. The average molecular weight is 334 g/mol. The first kappa shape index (κ1) is 18.5. The number of amides is 1. The Morgan fingerprint density at radius 3 is 2.38 bits per heavy atom. The fourth-order valence-corrected chi connectivity index (χ4v) is 2.88. The Kier molecular flexibility index (Phi) is 6.87. The summed E-state index contributed by atoms with van der Waals surface area (Å²) in [6, 6.07) is 8.08. The molecule has 6 heteroatoms. The van der Waals surface area contributed by atoms with E-state index in [0.717, 1.165) is 38.5 Å². The summed E-state index contributed by atoms with van der Waals surface area (Å²) in [5, 5.41) is 3.02. The van der Waals surface area contributed by atoms with Crippen LogP contribution in [0, 0.1) is 0 Å². The zero-order valence-corrected chi connectivity index (χ0v) is 15.3. The lowest BCUT2D eigenvalue weighted by atomic mass is 10.2. The lowest BCUT2D eigenvalue weighted by Gasteiger charge is -2.38. The van der Waals surface area contributed by atoms with Gasteiger partial charge in [-0.2, -0.15) is 0 Å². The highest BCUT2D eigenvalue weighted by molar-refractivity contribution is 5.81. The molecule has 0 bridgehead atoms. The molecule has 2 rings (SSSR count). The molecule has 0 spiro atoms. The SMILES string of the molecule is COc1ccc(N2CCN(C(C)C(=O)NCCN(C)C)CC2)cc1. The van der Waals surface area contributed by atoms with Gasteiger partial charge in [0.2, 0.25) is 5.91 Å². The second-order valence-electron chi connectivity index (χ2n) is 6.49. The minimum absolute atomic E-state index is 0.0785. The van der Waals surface area contributed by atoms with Crippen LogP contribution in [-0.2, 0) is 4.79 Å². The summed E-state index contributed by atoms with van der Waals surface area (Å²) in [6.07, 6.45) is 0. The third-order valence-corrected chi connectivity index (χ3v) is 4.54. The Morgan fingerprint density at radius 2 is 1.83 bits per heavy atom. The number of carbonyl (C=O) groups is 1. The van der Waals surface area contributed by atoms with E-state index in [9.17, 15) is 4.79 Å². The normalized spacial score (nSPS) is 17.0. The van der Waals surface area contributed by atoms with Gasteiger partial charge in [-0.3, -0.25) is 9.69 Å². The quantitative estimate of drug-likeness (QED) is 0.802. The maximum Gasteiger partial charge on any atom is 0.237 e. The van der Waals surface area contributed by atoms with Crippen molar-refractivity contribution >= 4 is 11.6 Å². The molecule has 1 amide bonds. The highest BCUT2D eigenvalue weighted by atomic mass is 16.5. The number of rotatable bonds is 7. The van der Waals surface area contributed by atoms with Gasteiger partial charge >= 0.3 is 0 Å². The summed E-state index contributed by atoms with van der Waals surface area (Å²) < 4.78 is 5.20. The zero-order chi connectivity index (χ0) is 17.5. The second kappa shape index (κ2) is 8.89. The monoisotopic (exact) mass is 334 g/mol. The molecule has 1 unspecified atom stereocenters. The molecule has 1 atom stereocenters. The number of anilines is 1. The van der Waals surface area contributed by atoms with E-state index in [-0.39, 0.29) is 11.9 Å². The molecule has 1 aromatic carbocycles. The van der Waals surface area contributed by atoms with Crippen molar-refractivity contribution in [3.8, 4) is 5.75 Å². The van der Waals surface area contributed by atoms with Crippen molar-refractivity contribution in [2.75, 3.05) is 65.4 Å². The number of nitrogens with zero attached hydrogens (tertiary/aromatic N) is 3. The number of ether oxygens (including phenoxy) is 1. The molecule has 1 heterocycles. The van der Waals surface area contributed by atoms with Crippen LogP contribution in [0.2, 0.25) is 0 Å². The number of benzene rings is 1. The molecule has 24 heavy (non-hydrogen) atoms. The van der Waals surface area contributed by atoms with Crippen LogP contribution < -0.4 is 15.0 Å². The van der Waals surface area contributed by atoms with Gasteiger partial charge in [-0.1, -0.05) is 0 Å². The van der Waals surface area contributed by atoms with Gasteiger partial charge in [-0.05, 0) is 45.3 Å². The molecule has 1 aromatic rings. The van der Waals surface area contributed by atoms with E-state index in [4.69, 9.17) is 4.74 Å². The number of methoxy groups -OCH3 is 1. The van der Waals surface area contributed by atoms with Gasteiger partial charge < -0.3 is 19.9 Å². The highest BCUT2D eigenvalue weighted by Gasteiger charge is 2.25. The number of likely N-dealkylation sites (N-methyl/N-ethyl adjacent to an activating group) is 1. The van der Waals surface area contributed by atoms with Crippen LogP contribution in [0.3, 0.4) is 0 Å². The molecule has 1 aliphatic heterocycles. The van der Waals surface area contributed by atoms with Gasteiger partial charge in [0.1, 0.15) is 5.75 Å². The summed E-state index contributed by atoms with van der Waals surface area (Å²) in [5.74, 6) is 0.996. The molecule has 1 aliphatic rings. The second-order valence-corrected chi connectivity index (χ2v) is 6.49. The fraction of sp³-hybridized carbons (Fsp3) is 0.611. The lowest BCUT2D eigenvalue weighted by Crippen LogP contribution is -2.54. The summed E-state index contributed by atoms with van der Waals surface area (Å²) in [5.41, 5.74) is 1.21. The van der Waals surface area contributed by atoms with Gasteiger partial charge in [0.05, 0.1) is 13.2 Å². The molecule has 1 fully saturated rings. The van der Waals surface area contributed by atoms with Crippen molar-refractivity contribution in [2.24, 2.45) is 0 Å². The Labute approximate surface area is 145 Å². The van der Waals surface area contributed by atoms with Crippen LogP contribution in [0.15, 0.2) is 24.3 Å². The van der Waals surface area contributed by atoms with E-state index in [1.54, 1.807) is 7.11 Å². The van der Waals surface area contributed by atoms with Crippen molar-refractivity contribution in [1.82, 2.24) is 15.1 Å². The number of carbonyl (C=O) groups excluding carboxylic acids is 1. The van der Waals surface area contributed by atoms with E-state index in [2.05, 4.69) is 32.1 Å². The van der Waals surface area contributed by atoms with Crippen molar-refractivity contribution < 1.29 is 9.53 Å². The van der Waals surface area contributed by atoms with Crippen LogP contribution in [0.25, 0.3) is 0 Å². The molecule has 6 nitrogen and oxygen atoms in total. The predicted octanol–water partition coefficient (Wildman–Crippen LogP) is 0.884. The zero-order valence-electron chi connectivity index (χ0n) is 15.3. The van der Waals surface area contributed by atoms with Gasteiger partial charge in [-0.15, -0.1) is 0 Å². The van der Waals surface area contributed by atoms with Crippen molar-refractivity contribution in [2.45, 2.75) is 13.0 Å². The minimum atomic E-state index is -0.0785. The standard InChI is InChI=1S/C18H30N4O2/c1-15(18(23)19-9-10-20(2)3)21-11-13-22(14-12-21)16-5-7-17(24-4)8-6-16/h5-8,15H,9-14H2,1-4H3,(H,19,23). The highest BCUT2D eigenvalue weighted by Crippen LogP contribution is 2.21. The summed E-state index contributed by atoms with van der Waals surface area (Å²) in [7, 11) is 5.70. The predicted molar refractivity (Wildman–Crippen MR) is 97.8 cm³/mol. The van der Waals surface area contributed by atoms with Crippen molar-refractivity contribution in [3.63, 3.8) is 0 Å². The maximum absolute atomic E-state index is 12.2. The van der Waals surface area contributed by atoms with Crippen LogP contribution in [0.1, 0.15) is 6.92 Å². The largest absolute Gasteiger partial charge is 0.497 e. The lowest BCUT2D eigenvalue weighted by molar-refractivity contribution is -0.126. The Hall–Kier alpha value is -1.79. The van der Waals surface area contributed by atoms with Gasteiger partial charge in [0.15, 0.2) is 0 Å². The Bertz CT molecular complexity index is 510. The summed E-state index contributed by atoms with van der Waals surface area (Å²) in [6.45, 7) is 7.21. The van der Waals surface area contributed by atoms with Crippen LogP contribution in [0.4, 0.5) is 5.69 Å². The molecule has 0 aromatic heterocycles. The molecule has 1 saturated heterocycles. The minimum Gasteiger partial charge on any atom is -0.497 e. The third-order valence-electron chi connectivity index (χ3n) is 4.54. The molecule has 0 saturated carbocycles. The molecular weight excluding hydrogens is 304 g/mol. The third kappa shape index (κ3) is 5.11. The molecule has 0 radical (unpaired) electrons. The first-order chi connectivity index (χ1) is 11.5. The fourth-order valence-electron chi connectivity index (χ4n) is 2.88. The van der Waals surface area contributed by atoms with E-state index in [0.29, 0.717) is 6.54 Å². The number of piperazine rings is 1. The van der Waals surface area contributed by atoms with Gasteiger partial charge in [-0.25, -0.2) is 0 Å². The average Bonchev–Trinajstić information content (AvgIpc) is 2.61. The van der Waals surface area contributed by atoms with E-state index in [1.807, 2.05) is 33.2 Å². The topological polar surface area (TPSA) is 48.1 Å². The summed E-state index contributed by atoms with van der Waals surface area (Å²) in [4.78, 5) is 18.9. The van der Waals surface area contributed by atoms with Gasteiger partial charge in [0, 0.05) is 45.0 Å². The summed E-state index contributed by atoms with van der Waals surface area (Å²) >= 11 is 0. The van der Waals surface area contributed by atoms with Crippen LogP contribution in [0.5, 0.6) is 5.75 Å². The molecule has 1 N–H and O–H groups in total. The number of hydrogen-bond donors (Lipinski definition) is 1. The maximum atomic E-state index is 12.2. The Morgan fingerprint density at radius 1 is 1.21 bits per heavy atom. The van der Waals surface area contributed by atoms with E-state index >= 15 is 0 Å². The van der Waals surface area contributed by atoms with Crippen molar-refractivity contribution in [1.29, 1.82) is 0 Å². The van der Waals surface area contributed by atoms with Crippen LogP contribution in [-0.4, -0.2) is 82.2 Å². The van der Waals surface area contributed by atoms with E-state index < -0.39 is 0 Å². The Balaban J connectivity index is 1.79. The number of hydrogen-bond acceptors (Lipinski definition) is 5. The molecule has 134 valence electrons. The first-order valence-corrected chi connectivity index (χ1v) is 8.56.